The van der Waals surface area contributed by atoms with Gasteiger partial charge in [-0.15, -0.1) is 0 Å². The van der Waals surface area contributed by atoms with Crippen LogP contribution in [0.1, 0.15) is 57.5 Å². The van der Waals surface area contributed by atoms with Gasteiger partial charge in [-0.25, -0.2) is 8.78 Å². The van der Waals surface area contributed by atoms with Crippen molar-refractivity contribution >= 4 is 39.1 Å². The molecule has 1 N–H and O–H groups in total. The summed E-state index contributed by atoms with van der Waals surface area (Å²) in [6.45, 7) is 1.49. The molecule has 2 amide bonds. The number of carbonyl (C=O) groups excluding carboxylic acids is 2. The van der Waals surface area contributed by atoms with Gasteiger partial charge in [-0.3, -0.25) is 9.59 Å². The van der Waals surface area contributed by atoms with Gasteiger partial charge in [0, 0.05) is 28.7 Å². The Morgan fingerprint density at radius 2 is 1.62 bits per heavy atom. The molecule has 0 aliphatic heterocycles. The van der Waals surface area contributed by atoms with E-state index in [1.807, 2.05) is 0 Å². The number of pyridine rings is 1. The molecule has 1 saturated carbocycles. The molecule has 0 unspecified atom stereocenters. The molecule has 1 aromatic heterocycles. The van der Waals surface area contributed by atoms with E-state index < -0.39 is 57.2 Å². The number of hydrogen-bond acceptors (Lipinski definition) is 3. The van der Waals surface area contributed by atoms with E-state index in [1.165, 1.54) is 31.2 Å². The monoisotopic (exact) mass is 665 g/mol. The number of benzene rings is 2. The maximum atomic E-state index is 15.6. The number of amides is 2. The highest BCUT2D eigenvalue weighted by Crippen LogP contribution is 2.56. The number of nitrogens with zero attached hydrogens (tertiary/aromatic N) is 2. The lowest BCUT2D eigenvalue weighted by molar-refractivity contribution is -0.605. The summed E-state index contributed by atoms with van der Waals surface area (Å²) in [5, 5.41) is 13.6. The molecular formula is C27H20BrF8N3O3. The summed E-state index contributed by atoms with van der Waals surface area (Å²) in [6.07, 6.45) is -9.84. The number of alkyl halides is 7. The topological polar surface area (TPSA) is 76.3 Å². The highest BCUT2D eigenvalue weighted by molar-refractivity contribution is 9.10. The third kappa shape index (κ3) is 5.65. The molecule has 2 aromatic carbocycles. The van der Waals surface area contributed by atoms with Crippen molar-refractivity contribution in [1.82, 2.24) is 0 Å². The van der Waals surface area contributed by atoms with E-state index in [4.69, 9.17) is 0 Å². The van der Waals surface area contributed by atoms with Crippen LogP contribution in [0.2, 0.25) is 0 Å². The van der Waals surface area contributed by atoms with Crippen LogP contribution in [-0.2, 0) is 5.67 Å². The first-order chi connectivity index (χ1) is 19.5. The molecule has 0 bridgehead atoms. The molecule has 224 valence electrons. The van der Waals surface area contributed by atoms with E-state index in [-0.39, 0.29) is 35.1 Å². The molecule has 4 rings (SSSR count). The summed E-state index contributed by atoms with van der Waals surface area (Å²) in [5.41, 5.74) is -8.68. The molecule has 0 saturated heterocycles. The van der Waals surface area contributed by atoms with Crippen LogP contribution >= 0.6 is 15.9 Å². The van der Waals surface area contributed by atoms with Gasteiger partial charge in [-0.1, -0.05) is 6.07 Å². The van der Waals surface area contributed by atoms with Crippen LogP contribution in [0.5, 0.6) is 0 Å². The van der Waals surface area contributed by atoms with Gasteiger partial charge >= 0.3 is 18.0 Å². The van der Waals surface area contributed by atoms with Crippen molar-refractivity contribution in [1.29, 1.82) is 0 Å². The minimum absolute atomic E-state index is 0.0463. The zero-order chi connectivity index (χ0) is 31.2. The molecule has 6 nitrogen and oxygen atoms in total. The summed E-state index contributed by atoms with van der Waals surface area (Å²) in [7, 11) is 0. The predicted octanol–water partition coefficient (Wildman–Crippen LogP) is 7.31. The lowest BCUT2D eigenvalue weighted by Gasteiger charge is -2.31. The minimum atomic E-state index is -6.34. The van der Waals surface area contributed by atoms with Crippen LogP contribution in [0.4, 0.5) is 46.5 Å². The van der Waals surface area contributed by atoms with Gasteiger partial charge in [0.1, 0.15) is 0 Å². The number of anilines is 2. The quantitative estimate of drug-likeness (QED) is 0.163. The fraction of sp³-hybridized carbons (Fsp3) is 0.296. The first-order valence-electron chi connectivity index (χ1n) is 12.3. The first kappa shape index (κ1) is 31.2. The highest BCUT2D eigenvalue weighted by Gasteiger charge is 2.73. The summed E-state index contributed by atoms with van der Waals surface area (Å²) in [6, 6.07) is 6.68. The molecule has 1 fully saturated rings. The lowest BCUT2D eigenvalue weighted by atomic mass is 9.91. The van der Waals surface area contributed by atoms with Crippen LogP contribution in [0.15, 0.2) is 59.3 Å². The Bertz CT molecular complexity index is 1510. The van der Waals surface area contributed by atoms with Crippen molar-refractivity contribution in [2.45, 2.75) is 43.7 Å². The molecule has 42 heavy (non-hydrogen) atoms. The summed E-state index contributed by atoms with van der Waals surface area (Å²) < 4.78 is 111. The number of rotatable bonds is 7. The van der Waals surface area contributed by atoms with Crippen molar-refractivity contribution in [3.8, 4) is 0 Å². The second kappa shape index (κ2) is 11.2. The Hall–Kier alpha value is -3.75. The molecular weight excluding hydrogens is 646 g/mol. The van der Waals surface area contributed by atoms with Crippen LogP contribution in [0.25, 0.3) is 0 Å². The fourth-order valence-electron chi connectivity index (χ4n) is 4.38. The average molecular weight is 666 g/mol. The fourth-order valence-corrected chi connectivity index (χ4v) is 4.96. The first-order valence-corrected chi connectivity index (χ1v) is 13.1. The Balaban J connectivity index is 1.71. The van der Waals surface area contributed by atoms with Gasteiger partial charge in [-0.05, 0) is 71.4 Å². The largest absolute Gasteiger partial charge is 0.619 e. The van der Waals surface area contributed by atoms with Crippen LogP contribution < -0.4 is 14.9 Å². The number of halogens is 9. The van der Waals surface area contributed by atoms with Crippen LogP contribution in [0.3, 0.4) is 0 Å². The molecule has 0 atom stereocenters. The van der Waals surface area contributed by atoms with Gasteiger partial charge in [0.2, 0.25) is 0 Å². The molecule has 1 aliphatic carbocycles. The summed E-state index contributed by atoms with van der Waals surface area (Å²) in [5.74, 6) is -3.53. The van der Waals surface area contributed by atoms with Gasteiger partial charge in [0.05, 0.1) is 22.5 Å². The van der Waals surface area contributed by atoms with Gasteiger partial charge in [0.25, 0.3) is 11.8 Å². The molecule has 15 heteroatoms. The maximum Gasteiger partial charge on any atom is 0.435 e. The van der Waals surface area contributed by atoms with E-state index in [0.717, 1.165) is 23.4 Å². The molecule has 0 radical (unpaired) electrons. The summed E-state index contributed by atoms with van der Waals surface area (Å²) >= 11 is 2.85. The number of nitrogens with one attached hydrogen (secondary N) is 1. The Morgan fingerprint density at radius 1 is 1.02 bits per heavy atom. The second-order valence-corrected chi connectivity index (χ2v) is 10.3. The zero-order valence-corrected chi connectivity index (χ0v) is 23.0. The predicted molar refractivity (Wildman–Crippen MR) is 138 cm³/mol. The van der Waals surface area contributed by atoms with E-state index in [2.05, 4.69) is 21.2 Å². The molecule has 0 spiro atoms. The molecule has 3 aromatic rings. The van der Waals surface area contributed by atoms with Crippen molar-refractivity contribution in [3.05, 3.63) is 92.6 Å². The lowest BCUT2D eigenvalue weighted by Crippen LogP contribution is -2.50. The number of carbonyl (C=O) groups is 2. The second-order valence-electron chi connectivity index (χ2n) is 9.44. The van der Waals surface area contributed by atoms with Crippen LogP contribution in [0, 0.1) is 11.0 Å². The van der Waals surface area contributed by atoms with E-state index >= 15 is 4.39 Å². The zero-order valence-electron chi connectivity index (χ0n) is 21.4. The Kier molecular flexibility index (Phi) is 8.28. The Labute approximate surface area is 241 Å². The number of hydrogen-bond donors (Lipinski definition) is 1. The van der Waals surface area contributed by atoms with Crippen molar-refractivity contribution in [2.24, 2.45) is 0 Å². The third-order valence-electron chi connectivity index (χ3n) is 6.68. The Morgan fingerprint density at radius 3 is 2.14 bits per heavy atom. The standard InChI is InChI=1S/C27H20BrF8N3O3/c1-2-39(24(41)15-8-10-38(42)11-9-15)20-5-3-4-17(21(20)29)23(40)37-22-18(14-6-7-14)12-16(13-19(22)28)25(30,26(31,32)33)27(34,35)36/h3-5,8-14H,2,6-7H2,1H3,(H,37,40). The third-order valence-corrected chi connectivity index (χ3v) is 7.31. The molecule has 1 aliphatic rings. The maximum absolute atomic E-state index is 15.6. The van der Waals surface area contributed by atoms with Crippen molar-refractivity contribution in [2.75, 3.05) is 16.8 Å². The van der Waals surface area contributed by atoms with E-state index in [1.54, 1.807) is 0 Å². The SMILES string of the molecule is CCN(C(=O)c1cc[n+]([O-])cc1)c1cccc(C(=O)Nc2c(Br)cc(C(F)(C(F)(F)F)C(F)(F)F)cc2C2CC2)c1F. The van der Waals surface area contributed by atoms with Gasteiger partial charge in [0.15, 0.2) is 18.2 Å². The van der Waals surface area contributed by atoms with Crippen molar-refractivity contribution < 1.29 is 49.4 Å². The summed E-state index contributed by atoms with van der Waals surface area (Å²) in [4.78, 5) is 27.2. The smallest absolute Gasteiger partial charge is 0.435 e. The normalized spacial score (nSPS) is 14.0. The number of aromatic nitrogens is 1. The van der Waals surface area contributed by atoms with Gasteiger partial charge < -0.3 is 15.4 Å². The average Bonchev–Trinajstić information content (AvgIpc) is 3.75. The van der Waals surface area contributed by atoms with Gasteiger partial charge in [-0.2, -0.15) is 31.1 Å². The highest BCUT2D eigenvalue weighted by atomic mass is 79.9. The van der Waals surface area contributed by atoms with Crippen LogP contribution in [-0.4, -0.2) is 30.7 Å². The van der Waals surface area contributed by atoms with E-state index in [9.17, 15) is 45.5 Å². The van der Waals surface area contributed by atoms with E-state index in [0.29, 0.717) is 23.6 Å². The minimum Gasteiger partial charge on any atom is -0.619 e. The molecule has 1 heterocycles. The van der Waals surface area contributed by atoms with Crippen molar-refractivity contribution in [3.63, 3.8) is 0 Å².